The molecule has 1 aromatic heterocycles. The van der Waals surface area contributed by atoms with Gasteiger partial charge in [-0.05, 0) is 48.4 Å². The fourth-order valence-corrected chi connectivity index (χ4v) is 4.11. The molecule has 0 fully saturated rings. The number of nitrogens with zero attached hydrogens (tertiary/aromatic N) is 2. The number of imidazole rings is 1. The van der Waals surface area contributed by atoms with Crippen molar-refractivity contribution in [2.75, 3.05) is 11.6 Å². The van der Waals surface area contributed by atoms with Crippen LogP contribution in [0.2, 0.25) is 0 Å². The molecular weight excluding hydrogens is 382 g/mol. The van der Waals surface area contributed by atoms with Crippen LogP contribution in [0.15, 0.2) is 78.0 Å². The minimum Gasteiger partial charge on any atom is -0.374 e. The van der Waals surface area contributed by atoms with Crippen molar-refractivity contribution in [3.05, 3.63) is 89.7 Å². The molecule has 4 rings (SSSR count). The van der Waals surface area contributed by atoms with Crippen molar-refractivity contribution < 1.29 is 8.42 Å². The number of aryl methyl sites for hydroxylation is 2. The second kappa shape index (κ2) is 7.37. The maximum Gasteiger partial charge on any atom is 0.175 e. The van der Waals surface area contributed by atoms with E-state index in [0.29, 0.717) is 4.90 Å². The minimum absolute atomic E-state index is 0.196. The van der Waals surface area contributed by atoms with E-state index in [0.717, 1.165) is 27.8 Å². The molecule has 0 aliphatic heterocycles. The number of fused-ring (bicyclic) bond motifs is 1. The lowest BCUT2D eigenvalue weighted by Gasteiger charge is -2.22. The molecule has 1 N–H and O–H groups in total. The summed E-state index contributed by atoms with van der Waals surface area (Å²) in [5.74, 6) is 0. The molecule has 3 aromatic carbocycles. The molecule has 4 aromatic rings. The third kappa shape index (κ3) is 4.03. The normalized spacial score (nSPS) is 12.8. The predicted octanol–water partition coefficient (Wildman–Crippen LogP) is 4.49. The molecule has 0 saturated heterocycles. The summed E-state index contributed by atoms with van der Waals surface area (Å²) in [5.41, 5.74) is 6.01. The molecule has 148 valence electrons. The van der Waals surface area contributed by atoms with Crippen molar-refractivity contribution in [3.63, 3.8) is 0 Å². The van der Waals surface area contributed by atoms with E-state index in [-0.39, 0.29) is 6.04 Å². The molecular formula is C23H23N3O2S. The van der Waals surface area contributed by atoms with Gasteiger partial charge >= 0.3 is 0 Å². The molecule has 0 aliphatic rings. The molecule has 0 amide bonds. The lowest BCUT2D eigenvalue weighted by molar-refractivity contribution is 0.601. The van der Waals surface area contributed by atoms with Crippen molar-refractivity contribution in [2.45, 2.75) is 17.9 Å². The van der Waals surface area contributed by atoms with Crippen molar-refractivity contribution in [2.24, 2.45) is 7.05 Å². The molecule has 1 heterocycles. The smallest absolute Gasteiger partial charge is 0.175 e. The number of hydrogen-bond acceptors (Lipinski definition) is 4. The van der Waals surface area contributed by atoms with Gasteiger partial charge in [0.05, 0.1) is 28.3 Å². The van der Waals surface area contributed by atoms with Gasteiger partial charge in [0.2, 0.25) is 0 Å². The van der Waals surface area contributed by atoms with E-state index < -0.39 is 9.84 Å². The second-order valence-corrected chi connectivity index (χ2v) is 9.41. The van der Waals surface area contributed by atoms with Gasteiger partial charge in [-0.15, -0.1) is 0 Å². The summed E-state index contributed by atoms with van der Waals surface area (Å²) >= 11 is 0. The summed E-state index contributed by atoms with van der Waals surface area (Å²) < 4.78 is 26.1. The topological polar surface area (TPSA) is 64.0 Å². The van der Waals surface area contributed by atoms with Crippen LogP contribution in [0.4, 0.5) is 5.69 Å². The lowest BCUT2D eigenvalue weighted by atomic mass is 9.97. The fraction of sp³-hybridized carbons (Fsp3) is 0.174. The number of sulfone groups is 1. The third-order valence-corrected chi connectivity index (χ3v) is 6.18. The minimum atomic E-state index is -3.29. The molecule has 1 atom stereocenters. The van der Waals surface area contributed by atoms with Crippen LogP contribution in [0.5, 0.6) is 0 Å². The highest BCUT2D eigenvalue weighted by Crippen LogP contribution is 2.29. The Balaban J connectivity index is 1.78. The highest BCUT2D eigenvalue weighted by molar-refractivity contribution is 7.90. The van der Waals surface area contributed by atoms with Crippen LogP contribution >= 0.6 is 0 Å². The van der Waals surface area contributed by atoms with Crippen molar-refractivity contribution in [1.29, 1.82) is 0 Å². The molecule has 0 saturated carbocycles. The number of hydrogen-bond donors (Lipinski definition) is 1. The molecule has 1 unspecified atom stereocenters. The van der Waals surface area contributed by atoms with Gasteiger partial charge < -0.3 is 9.88 Å². The zero-order valence-electron chi connectivity index (χ0n) is 16.6. The van der Waals surface area contributed by atoms with Crippen LogP contribution in [0.1, 0.15) is 22.7 Å². The number of anilines is 1. The largest absolute Gasteiger partial charge is 0.374 e. The first kappa shape index (κ1) is 19.2. The standard InChI is InChI=1S/C23H23N3O2S/c1-16-7-9-17(10-8-16)23(18-5-4-6-20(13-18)29(3,27)28)25-19-11-12-22-21(14-19)24-15-26(22)2/h4-15,23,25H,1-3H3. The second-order valence-electron chi connectivity index (χ2n) is 7.39. The summed E-state index contributed by atoms with van der Waals surface area (Å²) in [6, 6.07) is 21.2. The van der Waals surface area contributed by atoms with Gasteiger partial charge in [-0.1, -0.05) is 42.0 Å². The van der Waals surface area contributed by atoms with Crippen LogP contribution in [0.3, 0.4) is 0 Å². The predicted molar refractivity (Wildman–Crippen MR) is 117 cm³/mol. The average Bonchev–Trinajstić information content (AvgIpc) is 3.07. The van der Waals surface area contributed by atoms with E-state index in [1.54, 1.807) is 24.5 Å². The lowest BCUT2D eigenvalue weighted by Crippen LogP contribution is -2.13. The van der Waals surface area contributed by atoms with E-state index in [9.17, 15) is 8.42 Å². The number of aromatic nitrogens is 2. The molecule has 0 bridgehead atoms. The zero-order chi connectivity index (χ0) is 20.6. The maximum absolute atomic E-state index is 12.1. The van der Waals surface area contributed by atoms with Crippen molar-refractivity contribution in [1.82, 2.24) is 9.55 Å². The summed E-state index contributed by atoms with van der Waals surface area (Å²) in [4.78, 5) is 4.75. The Kier molecular flexibility index (Phi) is 4.88. The summed E-state index contributed by atoms with van der Waals surface area (Å²) in [6.45, 7) is 2.05. The van der Waals surface area contributed by atoms with E-state index in [1.165, 1.54) is 11.8 Å². The van der Waals surface area contributed by atoms with Gasteiger partial charge in [0.15, 0.2) is 9.84 Å². The van der Waals surface area contributed by atoms with Gasteiger partial charge in [0.1, 0.15) is 0 Å². The maximum atomic E-state index is 12.1. The highest BCUT2D eigenvalue weighted by atomic mass is 32.2. The molecule has 0 radical (unpaired) electrons. The number of rotatable bonds is 5. The molecule has 0 spiro atoms. The fourth-order valence-electron chi connectivity index (χ4n) is 3.44. The summed E-state index contributed by atoms with van der Waals surface area (Å²) in [6.07, 6.45) is 3.02. The van der Waals surface area contributed by atoms with Crippen LogP contribution in [0.25, 0.3) is 11.0 Å². The molecule has 6 heteroatoms. The van der Waals surface area contributed by atoms with Gasteiger partial charge in [-0.2, -0.15) is 0 Å². The Hall–Kier alpha value is -3.12. The van der Waals surface area contributed by atoms with E-state index in [2.05, 4.69) is 34.6 Å². The van der Waals surface area contributed by atoms with Crippen LogP contribution in [0, 0.1) is 6.92 Å². The summed E-state index contributed by atoms with van der Waals surface area (Å²) in [7, 11) is -1.32. The van der Waals surface area contributed by atoms with Crippen molar-refractivity contribution >= 4 is 26.6 Å². The SMILES string of the molecule is Cc1ccc(C(Nc2ccc3c(c2)ncn3C)c2cccc(S(C)(=O)=O)c2)cc1. The van der Waals surface area contributed by atoms with Gasteiger partial charge in [-0.3, -0.25) is 0 Å². The van der Waals surface area contributed by atoms with Crippen molar-refractivity contribution in [3.8, 4) is 0 Å². The Labute approximate surface area is 171 Å². The van der Waals surface area contributed by atoms with Crippen LogP contribution < -0.4 is 5.32 Å². The molecule has 5 nitrogen and oxygen atoms in total. The Morgan fingerprint density at radius 3 is 2.45 bits per heavy atom. The van der Waals surface area contributed by atoms with E-state index in [4.69, 9.17) is 0 Å². The van der Waals surface area contributed by atoms with Gasteiger partial charge in [0.25, 0.3) is 0 Å². The Bertz CT molecular complexity index is 1280. The van der Waals surface area contributed by atoms with E-state index >= 15 is 0 Å². The first-order chi connectivity index (χ1) is 13.8. The van der Waals surface area contributed by atoms with Crippen LogP contribution in [-0.2, 0) is 16.9 Å². The first-order valence-electron chi connectivity index (χ1n) is 9.35. The highest BCUT2D eigenvalue weighted by Gasteiger charge is 2.17. The van der Waals surface area contributed by atoms with Crippen LogP contribution in [-0.4, -0.2) is 24.2 Å². The van der Waals surface area contributed by atoms with Gasteiger partial charge in [-0.25, -0.2) is 13.4 Å². The Morgan fingerprint density at radius 2 is 1.72 bits per heavy atom. The number of benzene rings is 3. The third-order valence-electron chi connectivity index (χ3n) is 5.07. The average molecular weight is 406 g/mol. The Morgan fingerprint density at radius 1 is 0.966 bits per heavy atom. The molecule has 29 heavy (non-hydrogen) atoms. The number of nitrogens with one attached hydrogen (secondary N) is 1. The first-order valence-corrected chi connectivity index (χ1v) is 11.2. The molecule has 0 aliphatic carbocycles. The van der Waals surface area contributed by atoms with E-state index in [1.807, 2.05) is 42.8 Å². The monoisotopic (exact) mass is 405 g/mol. The summed E-state index contributed by atoms with van der Waals surface area (Å²) in [5, 5.41) is 3.57. The zero-order valence-corrected chi connectivity index (χ0v) is 17.4. The quantitative estimate of drug-likeness (QED) is 0.531. The van der Waals surface area contributed by atoms with Gasteiger partial charge in [0, 0.05) is 19.0 Å².